The van der Waals surface area contributed by atoms with Gasteiger partial charge in [-0.3, -0.25) is 11.3 Å². The molecule has 0 radical (unpaired) electrons. The minimum atomic E-state index is -0.202. The van der Waals surface area contributed by atoms with Crippen molar-refractivity contribution in [2.24, 2.45) is 11.8 Å². The molecule has 0 heterocycles. The lowest BCUT2D eigenvalue weighted by Gasteiger charge is -2.30. The van der Waals surface area contributed by atoms with Gasteiger partial charge in [0.05, 0.1) is 4.47 Å². The molecule has 1 aliphatic rings. The number of rotatable bonds is 4. The van der Waals surface area contributed by atoms with Crippen LogP contribution in [0.25, 0.3) is 0 Å². The molecule has 1 fully saturated rings. The fourth-order valence-corrected chi connectivity index (χ4v) is 3.27. The molecule has 0 spiro atoms. The zero-order valence-corrected chi connectivity index (χ0v) is 12.0. The van der Waals surface area contributed by atoms with Crippen LogP contribution in [0.5, 0.6) is 0 Å². The molecule has 0 saturated heterocycles. The molecular formula is C14H20BrFN2. The number of nitrogens with one attached hydrogen (secondary N) is 1. The van der Waals surface area contributed by atoms with E-state index in [9.17, 15) is 4.39 Å². The lowest BCUT2D eigenvalue weighted by molar-refractivity contribution is 0.268. The van der Waals surface area contributed by atoms with Gasteiger partial charge in [-0.05, 0) is 52.7 Å². The summed E-state index contributed by atoms with van der Waals surface area (Å²) >= 11 is 3.32. The van der Waals surface area contributed by atoms with Gasteiger partial charge in [0.2, 0.25) is 0 Å². The smallest absolute Gasteiger partial charge is 0.137 e. The normalized spacial score (nSPS) is 18.8. The molecule has 1 aromatic carbocycles. The third-order valence-corrected chi connectivity index (χ3v) is 4.79. The zero-order valence-electron chi connectivity index (χ0n) is 10.5. The molecule has 0 amide bonds. The maximum absolute atomic E-state index is 13.5. The van der Waals surface area contributed by atoms with Crippen molar-refractivity contribution in [2.75, 3.05) is 0 Å². The topological polar surface area (TPSA) is 38.0 Å². The van der Waals surface area contributed by atoms with Crippen LogP contribution in [0.2, 0.25) is 0 Å². The van der Waals surface area contributed by atoms with E-state index in [1.807, 2.05) is 6.07 Å². The maximum atomic E-state index is 13.5. The van der Waals surface area contributed by atoms with Gasteiger partial charge in [-0.25, -0.2) is 4.39 Å². The van der Waals surface area contributed by atoms with Gasteiger partial charge in [-0.15, -0.1) is 0 Å². The van der Waals surface area contributed by atoms with Gasteiger partial charge >= 0.3 is 0 Å². The summed E-state index contributed by atoms with van der Waals surface area (Å²) in [7, 11) is 0. The average molecular weight is 315 g/mol. The molecule has 4 heteroatoms. The van der Waals surface area contributed by atoms with Crippen LogP contribution in [0.15, 0.2) is 22.7 Å². The highest BCUT2D eigenvalue weighted by atomic mass is 79.9. The van der Waals surface area contributed by atoms with E-state index < -0.39 is 0 Å². The lowest BCUT2D eigenvalue weighted by atomic mass is 9.82. The molecule has 1 aliphatic carbocycles. The Kier molecular flexibility index (Phi) is 5.15. The number of hydrogen-bond acceptors (Lipinski definition) is 2. The molecule has 100 valence electrons. The SMILES string of the molecule is NNC(Cc1cccc(F)c1Br)C1CCCCC1. The molecular weight excluding hydrogens is 295 g/mol. The first kappa shape index (κ1) is 14.0. The second-order valence-electron chi connectivity index (χ2n) is 5.09. The van der Waals surface area contributed by atoms with E-state index in [4.69, 9.17) is 5.84 Å². The first-order valence-corrected chi connectivity index (χ1v) is 7.40. The largest absolute Gasteiger partial charge is 0.271 e. The van der Waals surface area contributed by atoms with E-state index in [1.165, 1.54) is 38.2 Å². The number of hydrogen-bond donors (Lipinski definition) is 2. The van der Waals surface area contributed by atoms with Crippen LogP contribution in [0.3, 0.4) is 0 Å². The second kappa shape index (κ2) is 6.64. The number of halogens is 2. The molecule has 1 saturated carbocycles. The Bertz CT molecular complexity index is 391. The Morgan fingerprint density at radius 3 is 2.72 bits per heavy atom. The van der Waals surface area contributed by atoms with Crippen LogP contribution in [-0.2, 0) is 6.42 Å². The zero-order chi connectivity index (χ0) is 13.0. The van der Waals surface area contributed by atoms with Gasteiger partial charge in [0.25, 0.3) is 0 Å². The summed E-state index contributed by atoms with van der Waals surface area (Å²) in [6, 6.07) is 5.42. The van der Waals surface area contributed by atoms with Gasteiger partial charge < -0.3 is 0 Å². The third kappa shape index (κ3) is 3.31. The summed E-state index contributed by atoms with van der Waals surface area (Å²) < 4.78 is 14.0. The van der Waals surface area contributed by atoms with Crippen LogP contribution < -0.4 is 11.3 Å². The van der Waals surface area contributed by atoms with Crippen molar-refractivity contribution >= 4 is 15.9 Å². The summed E-state index contributed by atoms with van der Waals surface area (Å²) in [5.74, 6) is 6.09. The molecule has 1 atom stereocenters. The van der Waals surface area contributed by atoms with E-state index in [2.05, 4.69) is 21.4 Å². The number of hydrazine groups is 1. The van der Waals surface area contributed by atoms with Crippen LogP contribution in [0, 0.1) is 11.7 Å². The molecule has 2 rings (SSSR count). The Balaban J connectivity index is 2.07. The van der Waals surface area contributed by atoms with E-state index in [-0.39, 0.29) is 11.9 Å². The highest BCUT2D eigenvalue weighted by molar-refractivity contribution is 9.10. The summed E-state index contributed by atoms with van der Waals surface area (Å²) in [6.07, 6.45) is 7.13. The van der Waals surface area contributed by atoms with Gasteiger partial charge in [0, 0.05) is 6.04 Å². The minimum absolute atomic E-state index is 0.202. The van der Waals surface area contributed by atoms with Crippen LogP contribution in [-0.4, -0.2) is 6.04 Å². The van der Waals surface area contributed by atoms with Gasteiger partial charge in [0.15, 0.2) is 0 Å². The average Bonchev–Trinajstić information content (AvgIpc) is 2.41. The van der Waals surface area contributed by atoms with E-state index in [1.54, 1.807) is 6.07 Å². The van der Waals surface area contributed by atoms with Crippen molar-refractivity contribution in [3.05, 3.63) is 34.1 Å². The molecule has 0 aromatic heterocycles. The second-order valence-corrected chi connectivity index (χ2v) is 5.88. The molecule has 0 aliphatic heterocycles. The van der Waals surface area contributed by atoms with Gasteiger partial charge in [-0.1, -0.05) is 31.4 Å². The van der Waals surface area contributed by atoms with Gasteiger partial charge in [-0.2, -0.15) is 0 Å². The Labute approximate surface area is 116 Å². The molecule has 1 unspecified atom stereocenters. The van der Waals surface area contributed by atoms with Crippen molar-refractivity contribution in [1.82, 2.24) is 5.43 Å². The lowest BCUT2D eigenvalue weighted by Crippen LogP contribution is -2.43. The number of benzene rings is 1. The maximum Gasteiger partial charge on any atom is 0.137 e. The molecule has 2 nitrogen and oxygen atoms in total. The monoisotopic (exact) mass is 314 g/mol. The minimum Gasteiger partial charge on any atom is -0.271 e. The Morgan fingerprint density at radius 2 is 2.06 bits per heavy atom. The summed E-state index contributed by atoms with van der Waals surface area (Å²) in [5, 5.41) is 0. The molecule has 3 N–H and O–H groups in total. The highest BCUT2D eigenvalue weighted by Crippen LogP contribution is 2.29. The Hall–Kier alpha value is -0.450. The van der Waals surface area contributed by atoms with E-state index in [0.717, 1.165) is 12.0 Å². The fourth-order valence-electron chi connectivity index (χ4n) is 2.84. The fraction of sp³-hybridized carbons (Fsp3) is 0.571. The predicted molar refractivity (Wildman–Crippen MR) is 75.5 cm³/mol. The van der Waals surface area contributed by atoms with Crippen molar-refractivity contribution in [1.29, 1.82) is 0 Å². The first-order valence-electron chi connectivity index (χ1n) is 6.61. The van der Waals surface area contributed by atoms with E-state index >= 15 is 0 Å². The van der Waals surface area contributed by atoms with Crippen LogP contribution in [0.1, 0.15) is 37.7 Å². The third-order valence-electron chi connectivity index (χ3n) is 3.90. The molecule has 0 bridgehead atoms. The quantitative estimate of drug-likeness (QED) is 0.659. The van der Waals surface area contributed by atoms with Gasteiger partial charge in [0.1, 0.15) is 5.82 Å². The van der Waals surface area contributed by atoms with Crippen molar-refractivity contribution in [3.63, 3.8) is 0 Å². The first-order chi connectivity index (χ1) is 8.72. The van der Waals surface area contributed by atoms with Crippen molar-refractivity contribution in [3.8, 4) is 0 Å². The molecule has 18 heavy (non-hydrogen) atoms. The number of nitrogens with two attached hydrogens (primary N) is 1. The highest BCUT2D eigenvalue weighted by Gasteiger charge is 2.23. The van der Waals surface area contributed by atoms with Crippen molar-refractivity contribution in [2.45, 2.75) is 44.6 Å². The predicted octanol–water partition coefficient (Wildman–Crippen LogP) is 3.54. The summed E-state index contributed by atoms with van der Waals surface area (Å²) in [6.45, 7) is 0. The van der Waals surface area contributed by atoms with Crippen LogP contribution in [0.4, 0.5) is 4.39 Å². The Morgan fingerprint density at radius 1 is 1.33 bits per heavy atom. The summed E-state index contributed by atoms with van der Waals surface area (Å²) in [5.41, 5.74) is 3.91. The molecule has 1 aromatic rings. The van der Waals surface area contributed by atoms with E-state index in [0.29, 0.717) is 10.4 Å². The van der Waals surface area contributed by atoms with Crippen LogP contribution >= 0.6 is 15.9 Å². The summed E-state index contributed by atoms with van der Waals surface area (Å²) in [4.78, 5) is 0. The van der Waals surface area contributed by atoms with Crippen molar-refractivity contribution < 1.29 is 4.39 Å². The standard InChI is InChI=1S/C14H20BrFN2/c15-14-11(7-4-8-12(14)16)9-13(18-17)10-5-2-1-3-6-10/h4,7-8,10,13,18H,1-3,5-6,9,17H2.